The van der Waals surface area contributed by atoms with E-state index in [0.29, 0.717) is 6.61 Å². The monoisotopic (exact) mass is 252 g/mol. The van der Waals surface area contributed by atoms with Gasteiger partial charge in [-0.15, -0.1) is 0 Å². The van der Waals surface area contributed by atoms with Crippen molar-refractivity contribution in [2.45, 2.75) is 13.0 Å². The Balaban J connectivity index is 2.53. The van der Waals surface area contributed by atoms with Gasteiger partial charge in [-0.25, -0.2) is 0 Å². The maximum atomic E-state index is 9.41. The summed E-state index contributed by atoms with van der Waals surface area (Å²) in [5.74, 6) is 0.867. The van der Waals surface area contributed by atoms with Crippen LogP contribution in [0.1, 0.15) is 18.5 Å². The van der Waals surface area contributed by atoms with Crippen LogP contribution in [0.5, 0.6) is 5.75 Å². The van der Waals surface area contributed by atoms with Crippen LogP contribution in [-0.2, 0) is 0 Å². The molecule has 4 nitrogen and oxygen atoms in total. The van der Waals surface area contributed by atoms with Crippen molar-refractivity contribution in [3.8, 4) is 5.75 Å². The fourth-order valence-corrected chi connectivity index (χ4v) is 1.71. The van der Waals surface area contributed by atoms with Crippen molar-refractivity contribution in [1.29, 1.82) is 0 Å². The van der Waals surface area contributed by atoms with Gasteiger partial charge in [-0.1, -0.05) is 12.1 Å². The van der Waals surface area contributed by atoms with Gasteiger partial charge in [0, 0.05) is 13.1 Å². The number of hydrogen-bond acceptors (Lipinski definition) is 4. The summed E-state index contributed by atoms with van der Waals surface area (Å²) >= 11 is 0. The Bertz CT molecular complexity index is 325. The van der Waals surface area contributed by atoms with Crippen molar-refractivity contribution in [2.24, 2.45) is 0 Å². The lowest BCUT2D eigenvalue weighted by molar-refractivity contribution is 0.240. The van der Waals surface area contributed by atoms with Crippen LogP contribution in [0.2, 0.25) is 0 Å². The molecule has 2 N–H and O–H groups in total. The molecule has 4 heteroatoms. The van der Waals surface area contributed by atoms with Crippen LogP contribution < -0.4 is 10.1 Å². The third-order valence-electron chi connectivity index (χ3n) is 2.73. The van der Waals surface area contributed by atoms with Crippen LogP contribution in [0.15, 0.2) is 24.3 Å². The summed E-state index contributed by atoms with van der Waals surface area (Å²) in [6.07, 6.45) is 0. The Morgan fingerprint density at radius 2 is 1.94 bits per heavy atom. The van der Waals surface area contributed by atoms with E-state index < -0.39 is 0 Å². The maximum absolute atomic E-state index is 9.41. The summed E-state index contributed by atoms with van der Waals surface area (Å²) in [7, 11) is 4.07. The van der Waals surface area contributed by atoms with E-state index in [1.165, 1.54) is 0 Å². The van der Waals surface area contributed by atoms with E-state index in [-0.39, 0.29) is 12.6 Å². The highest BCUT2D eigenvalue weighted by molar-refractivity contribution is 5.29. The normalized spacial score (nSPS) is 12.7. The van der Waals surface area contributed by atoms with Crippen molar-refractivity contribution in [3.05, 3.63) is 29.8 Å². The Labute approximate surface area is 110 Å². The average molecular weight is 252 g/mol. The SMILES string of the molecule is CCOc1ccc(C(CO)NCCN(C)C)cc1. The zero-order chi connectivity index (χ0) is 13.4. The van der Waals surface area contributed by atoms with Gasteiger partial charge in [0.15, 0.2) is 0 Å². The lowest BCUT2D eigenvalue weighted by Gasteiger charge is -2.18. The van der Waals surface area contributed by atoms with Crippen LogP contribution in [-0.4, -0.2) is 50.4 Å². The Morgan fingerprint density at radius 3 is 2.44 bits per heavy atom. The Hall–Kier alpha value is -1.10. The van der Waals surface area contributed by atoms with Gasteiger partial charge in [0.25, 0.3) is 0 Å². The highest BCUT2D eigenvalue weighted by Gasteiger charge is 2.09. The van der Waals surface area contributed by atoms with E-state index in [1.807, 2.05) is 45.3 Å². The number of aliphatic hydroxyl groups excluding tert-OH is 1. The van der Waals surface area contributed by atoms with Gasteiger partial charge in [-0.05, 0) is 38.7 Å². The molecule has 1 rings (SSSR count). The number of likely N-dealkylation sites (N-methyl/N-ethyl adjacent to an activating group) is 1. The van der Waals surface area contributed by atoms with Gasteiger partial charge in [0.2, 0.25) is 0 Å². The predicted octanol–water partition coefficient (Wildman–Crippen LogP) is 1.27. The Morgan fingerprint density at radius 1 is 1.28 bits per heavy atom. The third kappa shape index (κ3) is 5.04. The van der Waals surface area contributed by atoms with Crippen LogP contribution in [0, 0.1) is 0 Å². The number of aliphatic hydroxyl groups is 1. The van der Waals surface area contributed by atoms with Gasteiger partial charge in [-0.3, -0.25) is 0 Å². The zero-order valence-electron chi connectivity index (χ0n) is 11.5. The van der Waals surface area contributed by atoms with Crippen molar-refractivity contribution >= 4 is 0 Å². The first-order valence-corrected chi connectivity index (χ1v) is 6.39. The molecule has 1 atom stereocenters. The molecule has 1 aromatic carbocycles. The van der Waals surface area contributed by atoms with Crippen molar-refractivity contribution in [3.63, 3.8) is 0 Å². The minimum absolute atomic E-state index is 0.0133. The molecule has 0 spiro atoms. The van der Waals surface area contributed by atoms with Crippen LogP contribution in [0.25, 0.3) is 0 Å². The first-order valence-electron chi connectivity index (χ1n) is 6.39. The highest BCUT2D eigenvalue weighted by Crippen LogP contribution is 2.17. The number of hydrogen-bond donors (Lipinski definition) is 2. The topological polar surface area (TPSA) is 44.7 Å². The molecule has 18 heavy (non-hydrogen) atoms. The number of nitrogens with one attached hydrogen (secondary N) is 1. The molecule has 0 aliphatic heterocycles. The minimum atomic E-state index is -0.0133. The summed E-state index contributed by atoms with van der Waals surface area (Å²) in [4.78, 5) is 2.11. The van der Waals surface area contributed by atoms with Crippen LogP contribution >= 0.6 is 0 Å². The number of benzene rings is 1. The molecule has 0 saturated heterocycles. The summed E-state index contributed by atoms with van der Waals surface area (Å²) in [6.45, 7) is 4.54. The summed E-state index contributed by atoms with van der Waals surface area (Å²) in [5, 5.41) is 12.7. The molecule has 0 aliphatic carbocycles. The number of rotatable bonds is 8. The van der Waals surface area contributed by atoms with Gasteiger partial charge >= 0.3 is 0 Å². The van der Waals surface area contributed by atoms with Gasteiger partial charge in [0.1, 0.15) is 5.75 Å². The maximum Gasteiger partial charge on any atom is 0.119 e. The van der Waals surface area contributed by atoms with Crippen LogP contribution in [0.3, 0.4) is 0 Å². The van der Waals surface area contributed by atoms with Crippen molar-refractivity contribution < 1.29 is 9.84 Å². The van der Waals surface area contributed by atoms with Gasteiger partial charge in [-0.2, -0.15) is 0 Å². The lowest BCUT2D eigenvalue weighted by atomic mass is 10.1. The van der Waals surface area contributed by atoms with Gasteiger partial charge < -0.3 is 20.1 Å². The average Bonchev–Trinajstić information content (AvgIpc) is 2.36. The van der Waals surface area contributed by atoms with Gasteiger partial charge in [0.05, 0.1) is 19.3 Å². The molecular weight excluding hydrogens is 228 g/mol. The molecule has 1 unspecified atom stereocenters. The van der Waals surface area contributed by atoms with Crippen molar-refractivity contribution in [2.75, 3.05) is 40.4 Å². The van der Waals surface area contributed by atoms with Crippen molar-refractivity contribution in [1.82, 2.24) is 10.2 Å². The molecular formula is C14H24N2O2. The third-order valence-corrected chi connectivity index (χ3v) is 2.73. The second-order valence-corrected chi connectivity index (χ2v) is 4.49. The molecule has 0 radical (unpaired) electrons. The second kappa shape index (κ2) is 8.08. The fraction of sp³-hybridized carbons (Fsp3) is 0.571. The molecule has 0 fully saturated rings. The number of nitrogens with zero attached hydrogens (tertiary/aromatic N) is 1. The number of ether oxygens (including phenoxy) is 1. The molecule has 0 heterocycles. The molecule has 0 aromatic heterocycles. The van der Waals surface area contributed by atoms with E-state index in [0.717, 1.165) is 24.4 Å². The predicted molar refractivity (Wildman–Crippen MR) is 74.0 cm³/mol. The molecule has 102 valence electrons. The highest BCUT2D eigenvalue weighted by atomic mass is 16.5. The molecule has 0 aliphatic rings. The largest absolute Gasteiger partial charge is 0.494 e. The summed E-state index contributed by atoms with van der Waals surface area (Å²) in [5.41, 5.74) is 1.08. The summed E-state index contributed by atoms with van der Waals surface area (Å²) < 4.78 is 5.40. The summed E-state index contributed by atoms with van der Waals surface area (Å²) in [6, 6.07) is 7.86. The minimum Gasteiger partial charge on any atom is -0.494 e. The Kier molecular flexibility index (Phi) is 6.72. The van der Waals surface area contributed by atoms with Crippen LogP contribution in [0.4, 0.5) is 0 Å². The first kappa shape index (κ1) is 15.0. The lowest BCUT2D eigenvalue weighted by Crippen LogP contribution is -2.31. The second-order valence-electron chi connectivity index (χ2n) is 4.49. The van der Waals surface area contributed by atoms with E-state index in [1.54, 1.807) is 0 Å². The van der Waals surface area contributed by atoms with E-state index >= 15 is 0 Å². The smallest absolute Gasteiger partial charge is 0.119 e. The zero-order valence-corrected chi connectivity index (χ0v) is 11.5. The van der Waals surface area contributed by atoms with E-state index in [9.17, 15) is 5.11 Å². The molecule has 0 saturated carbocycles. The molecule has 0 amide bonds. The standard InChI is InChI=1S/C14H24N2O2/c1-4-18-13-7-5-12(6-8-13)14(11-17)15-9-10-16(2)3/h5-8,14-15,17H,4,9-11H2,1-3H3. The molecule has 0 bridgehead atoms. The quantitative estimate of drug-likeness (QED) is 0.731. The fourth-order valence-electron chi connectivity index (χ4n) is 1.71. The van der Waals surface area contributed by atoms with E-state index in [2.05, 4.69) is 10.2 Å². The molecule has 1 aromatic rings. The first-order chi connectivity index (χ1) is 8.67. The van der Waals surface area contributed by atoms with E-state index in [4.69, 9.17) is 4.74 Å².